The zero-order valence-electron chi connectivity index (χ0n) is 12.2. The molecule has 1 fully saturated rings. The third-order valence-corrected chi connectivity index (χ3v) is 4.48. The van der Waals surface area contributed by atoms with Crippen molar-refractivity contribution < 1.29 is 9.53 Å². The summed E-state index contributed by atoms with van der Waals surface area (Å²) in [4.78, 5) is 12.1. The highest BCUT2D eigenvalue weighted by Gasteiger charge is 2.51. The molecule has 2 rings (SSSR count). The van der Waals surface area contributed by atoms with Crippen LogP contribution in [0.15, 0.2) is 12.1 Å². The highest BCUT2D eigenvalue weighted by Crippen LogP contribution is 2.51. The summed E-state index contributed by atoms with van der Waals surface area (Å²) in [6.07, 6.45) is 2.70. The summed E-state index contributed by atoms with van der Waals surface area (Å²) in [5.74, 6) is -0.161. The Balaban J connectivity index is 2.44. The van der Waals surface area contributed by atoms with Gasteiger partial charge in [-0.3, -0.25) is 4.79 Å². The van der Waals surface area contributed by atoms with E-state index in [-0.39, 0.29) is 12.0 Å². The van der Waals surface area contributed by atoms with E-state index in [4.69, 9.17) is 10.5 Å². The predicted molar refractivity (Wildman–Crippen MR) is 75.9 cm³/mol. The lowest BCUT2D eigenvalue weighted by atomic mass is 9.61. The first kappa shape index (κ1) is 14.1. The molecular weight excluding hydrogens is 238 g/mol. The third-order valence-electron chi connectivity index (χ3n) is 4.48. The van der Waals surface area contributed by atoms with Gasteiger partial charge in [-0.05, 0) is 50.3 Å². The van der Waals surface area contributed by atoms with Gasteiger partial charge in [0.15, 0.2) is 0 Å². The average Bonchev–Trinajstić information content (AvgIpc) is 2.25. The Morgan fingerprint density at radius 1 is 1.26 bits per heavy atom. The molecule has 1 aromatic carbocycles. The van der Waals surface area contributed by atoms with Gasteiger partial charge in [-0.15, -0.1) is 0 Å². The molecule has 3 heteroatoms. The maximum absolute atomic E-state index is 12.1. The number of aryl methyl sites for hydroxylation is 3. The van der Waals surface area contributed by atoms with Crippen molar-refractivity contribution in [3.05, 3.63) is 34.4 Å². The molecule has 0 aromatic heterocycles. The van der Waals surface area contributed by atoms with E-state index in [1.807, 2.05) is 0 Å². The number of methoxy groups -OCH3 is 1. The van der Waals surface area contributed by atoms with Crippen molar-refractivity contribution in [1.29, 1.82) is 0 Å². The van der Waals surface area contributed by atoms with Crippen LogP contribution in [0.1, 0.15) is 47.6 Å². The number of esters is 1. The molecule has 2 N–H and O–H groups in total. The van der Waals surface area contributed by atoms with Gasteiger partial charge in [-0.1, -0.05) is 24.1 Å². The molecule has 0 bridgehead atoms. The highest BCUT2D eigenvalue weighted by molar-refractivity contribution is 5.79. The molecule has 1 aromatic rings. The fourth-order valence-electron chi connectivity index (χ4n) is 3.36. The van der Waals surface area contributed by atoms with Crippen molar-refractivity contribution in [1.82, 2.24) is 0 Å². The first-order chi connectivity index (χ1) is 8.92. The number of hydrogen-bond donors (Lipinski definition) is 1. The van der Waals surface area contributed by atoms with Gasteiger partial charge in [0.1, 0.15) is 0 Å². The molecule has 1 aliphatic carbocycles. The Labute approximate surface area is 115 Å². The standard InChI is InChI=1S/C16H23NO2/c1-10-8-11(2)13(12(3)9-10)14(17)16(6-5-7-16)15(18)19-4/h8-9,14H,5-7,17H2,1-4H3. The van der Waals surface area contributed by atoms with E-state index in [9.17, 15) is 4.79 Å². The van der Waals surface area contributed by atoms with E-state index >= 15 is 0 Å². The Kier molecular flexibility index (Phi) is 3.68. The van der Waals surface area contributed by atoms with Crippen LogP contribution in [0.4, 0.5) is 0 Å². The molecule has 1 atom stereocenters. The van der Waals surface area contributed by atoms with E-state index in [0.29, 0.717) is 0 Å². The zero-order chi connectivity index (χ0) is 14.2. The molecule has 1 unspecified atom stereocenters. The zero-order valence-corrected chi connectivity index (χ0v) is 12.2. The normalized spacial score (nSPS) is 18.6. The van der Waals surface area contributed by atoms with Crippen molar-refractivity contribution in [3.63, 3.8) is 0 Å². The van der Waals surface area contributed by atoms with E-state index in [0.717, 1.165) is 24.8 Å². The lowest BCUT2D eigenvalue weighted by Gasteiger charge is -2.44. The van der Waals surface area contributed by atoms with Crippen molar-refractivity contribution in [3.8, 4) is 0 Å². The first-order valence-electron chi connectivity index (χ1n) is 6.84. The maximum Gasteiger partial charge on any atom is 0.313 e. The fourth-order valence-corrected chi connectivity index (χ4v) is 3.36. The Morgan fingerprint density at radius 3 is 2.16 bits per heavy atom. The predicted octanol–water partition coefficient (Wildman–Crippen LogP) is 2.95. The summed E-state index contributed by atoms with van der Waals surface area (Å²) in [6.45, 7) is 6.21. The van der Waals surface area contributed by atoms with Crippen molar-refractivity contribution >= 4 is 5.97 Å². The number of nitrogens with two attached hydrogens (primary N) is 1. The molecule has 19 heavy (non-hydrogen) atoms. The van der Waals surface area contributed by atoms with Gasteiger partial charge in [0.25, 0.3) is 0 Å². The van der Waals surface area contributed by atoms with Crippen LogP contribution in [0.5, 0.6) is 0 Å². The van der Waals surface area contributed by atoms with Gasteiger partial charge in [-0.2, -0.15) is 0 Å². The van der Waals surface area contributed by atoms with Crippen molar-refractivity contribution in [2.24, 2.45) is 11.1 Å². The Hall–Kier alpha value is -1.35. The quantitative estimate of drug-likeness (QED) is 0.851. The van der Waals surface area contributed by atoms with Gasteiger partial charge < -0.3 is 10.5 Å². The summed E-state index contributed by atoms with van der Waals surface area (Å²) >= 11 is 0. The van der Waals surface area contributed by atoms with Gasteiger partial charge >= 0.3 is 5.97 Å². The second kappa shape index (κ2) is 4.97. The molecule has 0 aliphatic heterocycles. The van der Waals surface area contributed by atoms with Gasteiger partial charge in [-0.25, -0.2) is 0 Å². The number of carbonyl (C=O) groups excluding carboxylic acids is 1. The second-order valence-corrected chi connectivity index (χ2v) is 5.79. The van der Waals surface area contributed by atoms with Crippen LogP contribution in [0.3, 0.4) is 0 Å². The van der Waals surface area contributed by atoms with Gasteiger partial charge in [0, 0.05) is 6.04 Å². The molecule has 104 valence electrons. The molecular formula is C16H23NO2. The number of hydrogen-bond acceptors (Lipinski definition) is 3. The van der Waals surface area contributed by atoms with Gasteiger partial charge in [0.2, 0.25) is 0 Å². The lowest BCUT2D eigenvalue weighted by molar-refractivity contribution is -0.160. The Bertz CT molecular complexity index is 480. The molecule has 1 aliphatic rings. The topological polar surface area (TPSA) is 52.3 Å². The van der Waals surface area contributed by atoms with Crippen molar-refractivity contribution in [2.75, 3.05) is 7.11 Å². The van der Waals surface area contributed by atoms with Crippen molar-refractivity contribution in [2.45, 2.75) is 46.1 Å². The molecule has 0 amide bonds. The van der Waals surface area contributed by atoms with Crippen LogP contribution < -0.4 is 5.73 Å². The summed E-state index contributed by atoms with van der Waals surface area (Å²) in [7, 11) is 1.45. The molecule has 1 saturated carbocycles. The number of rotatable bonds is 3. The molecule has 3 nitrogen and oxygen atoms in total. The first-order valence-corrected chi connectivity index (χ1v) is 6.84. The van der Waals surface area contributed by atoms with Crippen LogP contribution in [0, 0.1) is 26.2 Å². The largest absolute Gasteiger partial charge is 0.469 e. The average molecular weight is 261 g/mol. The fraction of sp³-hybridized carbons (Fsp3) is 0.562. The van der Waals surface area contributed by atoms with E-state index in [1.54, 1.807) is 0 Å². The smallest absolute Gasteiger partial charge is 0.313 e. The van der Waals surface area contributed by atoms with Crippen LogP contribution in [-0.4, -0.2) is 13.1 Å². The van der Waals surface area contributed by atoms with Gasteiger partial charge in [0.05, 0.1) is 12.5 Å². The van der Waals surface area contributed by atoms with Crippen LogP contribution in [0.2, 0.25) is 0 Å². The molecule has 0 radical (unpaired) electrons. The van der Waals surface area contributed by atoms with E-state index in [2.05, 4.69) is 32.9 Å². The van der Waals surface area contributed by atoms with Crippen LogP contribution in [0.25, 0.3) is 0 Å². The Morgan fingerprint density at radius 2 is 1.79 bits per heavy atom. The second-order valence-electron chi connectivity index (χ2n) is 5.79. The molecule has 0 heterocycles. The summed E-state index contributed by atoms with van der Waals surface area (Å²) in [5, 5.41) is 0. The molecule has 0 saturated heterocycles. The minimum absolute atomic E-state index is 0.161. The summed E-state index contributed by atoms with van der Waals surface area (Å²) in [6, 6.07) is 3.99. The summed E-state index contributed by atoms with van der Waals surface area (Å²) in [5.41, 5.74) is 10.6. The van der Waals surface area contributed by atoms with Crippen LogP contribution in [-0.2, 0) is 9.53 Å². The van der Waals surface area contributed by atoms with E-state index < -0.39 is 5.41 Å². The summed E-state index contributed by atoms with van der Waals surface area (Å²) < 4.78 is 4.98. The number of benzene rings is 1. The van der Waals surface area contributed by atoms with E-state index in [1.165, 1.54) is 23.8 Å². The third kappa shape index (κ3) is 2.16. The maximum atomic E-state index is 12.1. The molecule has 0 spiro atoms. The number of carbonyl (C=O) groups is 1. The number of ether oxygens (including phenoxy) is 1. The lowest BCUT2D eigenvalue weighted by Crippen LogP contribution is -2.48. The SMILES string of the molecule is COC(=O)C1(C(N)c2c(C)cc(C)cc2C)CCC1. The van der Waals surface area contributed by atoms with Crippen LogP contribution >= 0.6 is 0 Å². The highest BCUT2D eigenvalue weighted by atomic mass is 16.5. The minimum Gasteiger partial charge on any atom is -0.469 e. The monoisotopic (exact) mass is 261 g/mol. The minimum atomic E-state index is -0.514.